The molecular formula is C17H11Na2O5P. The Hall–Kier alpha value is -0.460. The molecule has 0 unspecified atom stereocenters. The van der Waals surface area contributed by atoms with Crippen LogP contribution in [-0.2, 0) is 4.57 Å². The smallest absolute Gasteiger partial charge is 0.780 e. The largest absolute Gasteiger partial charge is 1.00 e. The molecule has 0 aliphatic rings. The van der Waals surface area contributed by atoms with E-state index in [1.807, 2.05) is 6.07 Å². The first-order chi connectivity index (χ1) is 10.9. The fourth-order valence-electron chi connectivity index (χ4n) is 2.31. The number of hydrogen-bond donors (Lipinski definition) is 0. The van der Waals surface area contributed by atoms with E-state index in [0.717, 1.165) is 5.39 Å². The SMILES string of the molecule is O=C(c1ccccc1)c1ccc2cc(OP(=O)([O-])[O-])ccc2c1.[Na+].[Na+]. The van der Waals surface area contributed by atoms with Crippen LogP contribution >= 0.6 is 7.82 Å². The molecule has 0 heterocycles. The van der Waals surface area contributed by atoms with Gasteiger partial charge in [-0.2, -0.15) is 0 Å². The van der Waals surface area contributed by atoms with Gasteiger partial charge in [-0.05, 0) is 29.0 Å². The van der Waals surface area contributed by atoms with Gasteiger partial charge in [-0.1, -0.05) is 48.5 Å². The van der Waals surface area contributed by atoms with Crippen molar-refractivity contribution in [3.05, 3.63) is 77.9 Å². The van der Waals surface area contributed by atoms with E-state index in [-0.39, 0.29) is 70.6 Å². The van der Waals surface area contributed by atoms with Crippen LogP contribution in [-0.4, -0.2) is 5.78 Å². The third-order valence-corrected chi connectivity index (χ3v) is 3.76. The van der Waals surface area contributed by atoms with Gasteiger partial charge in [-0.15, -0.1) is 0 Å². The minimum absolute atomic E-state index is 0. The zero-order valence-corrected chi connectivity index (χ0v) is 18.7. The summed E-state index contributed by atoms with van der Waals surface area (Å²) in [5.41, 5.74) is 1.11. The number of phosphoric acid groups is 1. The summed E-state index contributed by atoms with van der Waals surface area (Å²) < 4.78 is 15.0. The number of phosphoric ester groups is 1. The normalized spacial score (nSPS) is 10.5. The monoisotopic (exact) mass is 372 g/mol. The first-order valence-corrected chi connectivity index (χ1v) is 8.24. The summed E-state index contributed by atoms with van der Waals surface area (Å²) in [5, 5.41) is 1.41. The molecule has 3 aromatic carbocycles. The van der Waals surface area contributed by atoms with E-state index in [9.17, 15) is 19.1 Å². The zero-order valence-electron chi connectivity index (χ0n) is 13.8. The van der Waals surface area contributed by atoms with Crippen LogP contribution in [0.4, 0.5) is 0 Å². The molecule has 0 bridgehead atoms. The molecule has 8 heteroatoms. The minimum atomic E-state index is -5.08. The Morgan fingerprint density at radius 2 is 1.40 bits per heavy atom. The van der Waals surface area contributed by atoms with E-state index < -0.39 is 7.82 Å². The van der Waals surface area contributed by atoms with Gasteiger partial charge in [0.2, 0.25) is 0 Å². The maximum atomic E-state index is 12.4. The maximum absolute atomic E-state index is 12.4. The first kappa shape index (κ1) is 22.6. The summed E-state index contributed by atoms with van der Waals surface area (Å²) >= 11 is 0. The Labute approximate surface area is 189 Å². The van der Waals surface area contributed by atoms with Gasteiger partial charge in [-0.25, -0.2) is 0 Å². The van der Waals surface area contributed by atoms with E-state index in [1.165, 1.54) is 12.1 Å². The van der Waals surface area contributed by atoms with Gasteiger partial charge < -0.3 is 18.9 Å². The Morgan fingerprint density at radius 3 is 2.04 bits per heavy atom. The average Bonchev–Trinajstić information content (AvgIpc) is 2.53. The molecule has 0 aromatic heterocycles. The van der Waals surface area contributed by atoms with Gasteiger partial charge in [0.25, 0.3) is 0 Å². The summed E-state index contributed by atoms with van der Waals surface area (Å²) in [4.78, 5) is 33.7. The molecule has 5 nitrogen and oxygen atoms in total. The molecule has 116 valence electrons. The van der Waals surface area contributed by atoms with E-state index in [0.29, 0.717) is 16.5 Å². The fraction of sp³-hybridized carbons (Fsp3) is 0. The first-order valence-electron chi connectivity index (χ1n) is 6.78. The van der Waals surface area contributed by atoms with E-state index >= 15 is 0 Å². The Bertz CT molecular complexity index is 925. The number of fused-ring (bicyclic) bond motifs is 1. The molecule has 0 saturated heterocycles. The second-order valence-corrected chi connectivity index (χ2v) is 6.03. The quantitative estimate of drug-likeness (QED) is 0.267. The van der Waals surface area contributed by atoms with Gasteiger partial charge >= 0.3 is 59.1 Å². The molecule has 25 heavy (non-hydrogen) atoms. The Kier molecular flexibility index (Phi) is 8.55. The average molecular weight is 372 g/mol. The van der Waals surface area contributed by atoms with Crippen LogP contribution in [0.3, 0.4) is 0 Å². The van der Waals surface area contributed by atoms with Crippen LogP contribution in [0.1, 0.15) is 15.9 Å². The molecule has 0 aliphatic carbocycles. The Morgan fingerprint density at radius 1 is 0.800 bits per heavy atom. The predicted molar refractivity (Wildman–Crippen MR) is 82.1 cm³/mol. The van der Waals surface area contributed by atoms with Crippen molar-refractivity contribution in [2.75, 3.05) is 0 Å². The van der Waals surface area contributed by atoms with Crippen molar-refractivity contribution < 1.29 is 82.8 Å². The van der Waals surface area contributed by atoms with Crippen LogP contribution in [0.2, 0.25) is 0 Å². The zero-order chi connectivity index (χ0) is 16.4. The van der Waals surface area contributed by atoms with Gasteiger partial charge in [-0.3, -0.25) is 4.79 Å². The molecular weight excluding hydrogens is 361 g/mol. The Balaban J connectivity index is 0.00000156. The molecule has 3 aromatic rings. The molecule has 0 saturated carbocycles. The van der Waals surface area contributed by atoms with Crippen molar-refractivity contribution in [1.82, 2.24) is 0 Å². The second kappa shape index (κ2) is 9.47. The van der Waals surface area contributed by atoms with Gasteiger partial charge in [0.05, 0.1) is 0 Å². The van der Waals surface area contributed by atoms with E-state index in [2.05, 4.69) is 4.52 Å². The number of ketones is 1. The van der Waals surface area contributed by atoms with Crippen molar-refractivity contribution in [3.63, 3.8) is 0 Å². The number of benzene rings is 3. The van der Waals surface area contributed by atoms with Crippen LogP contribution in [0, 0.1) is 0 Å². The predicted octanol–water partition coefficient (Wildman–Crippen LogP) is -3.71. The van der Waals surface area contributed by atoms with Gasteiger partial charge in [0, 0.05) is 11.1 Å². The van der Waals surface area contributed by atoms with Gasteiger partial charge in [0.15, 0.2) is 5.78 Å². The van der Waals surface area contributed by atoms with Crippen LogP contribution in [0.5, 0.6) is 5.75 Å². The van der Waals surface area contributed by atoms with E-state index in [1.54, 1.807) is 48.5 Å². The van der Waals surface area contributed by atoms with Crippen LogP contribution < -0.4 is 73.4 Å². The van der Waals surface area contributed by atoms with E-state index in [4.69, 9.17) is 0 Å². The van der Waals surface area contributed by atoms with Crippen molar-refractivity contribution in [3.8, 4) is 5.75 Å². The summed E-state index contributed by atoms with van der Waals surface area (Å²) in [6.07, 6.45) is 0. The third-order valence-electron chi connectivity index (χ3n) is 3.33. The van der Waals surface area contributed by atoms with Crippen molar-refractivity contribution in [1.29, 1.82) is 0 Å². The van der Waals surface area contributed by atoms with Crippen LogP contribution in [0.25, 0.3) is 10.8 Å². The maximum Gasteiger partial charge on any atom is 1.00 e. The summed E-state index contributed by atoms with van der Waals surface area (Å²) in [6, 6.07) is 18.4. The molecule has 0 aliphatic heterocycles. The molecule has 0 N–H and O–H groups in total. The summed E-state index contributed by atoms with van der Waals surface area (Å²) in [6.45, 7) is 0. The molecule has 0 radical (unpaired) electrons. The van der Waals surface area contributed by atoms with Crippen molar-refractivity contribution in [2.45, 2.75) is 0 Å². The standard InChI is InChI=1S/C17H13O5P.2Na/c18-17(12-4-2-1-3-5-12)15-7-6-14-11-16(22-23(19,20)21)9-8-13(14)10-15;;/h1-11H,(H2,19,20,21);;/q;2*+1/p-2. The number of hydrogen-bond acceptors (Lipinski definition) is 5. The second-order valence-electron chi connectivity index (χ2n) is 4.96. The summed E-state index contributed by atoms with van der Waals surface area (Å²) in [7, 11) is -5.08. The number of rotatable bonds is 4. The number of carbonyl (C=O) groups excluding carboxylic acids is 1. The molecule has 3 rings (SSSR count). The summed E-state index contributed by atoms with van der Waals surface area (Å²) in [5.74, 6) is -0.149. The minimum Gasteiger partial charge on any atom is -0.780 e. The van der Waals surface area contributed by atoms with Crippen LogP contribution in [0.15, 0.2) is 66.7 Å². The molecule has 0 fully saturated rings. The number of carbonyl (C=O) groups is 1. The van der Waals surface area contributed by atoms with Crippen molar-refractivity contribution in [2.24, 2.45) is 0 Å². The van der Waals surface area contributed by atoms with Gasteiger partial charge in [0.1, 0.15) is 13.6 Å². The fourth-order valence-corrected chi connectivity index (χ4v) is 2.68. The third kappa shape index (κ3) is 6.04. The van der Waals surface area contributed by atoms with Crippen molar-refractivity contribution >= 4 is 24.4 Å². The molecule has 0 amide bonds. The topological polar surface area (TPSA) is 89.5 Å². The molecule has 0 spiro atoms. The molecule has 0 atom stereocenters.